The molecule has 1 aromatic carbocycles. The van der Waals surface area contributed by atoms with Crippen molar-refractivity contribution >= 4 is 9.84 Å². The quantitative estimate of drug-likeness (QED) is 0.787. The van der Waals surface area contributed by atoms with E-state index in [1.165, 1.54) is 6.07 Å². The molecule has 0 radical (unpaired) electrons. The lowest BCUT2D eigenvalue weighted by atomic mass is 10.0. The minimum Gasteiger partial charge on any atom is -0.224 e. The topological polar surface area (TPSA) is 34.1 Å². The summed E-state index contributed by atoms with van der Waals surface area (Å²) in [4.78, 5) is -0.593. The van der Waals surface area contributed by atoms with E-state index >= 15 is 0 Å². The van der Waals surface area contributed by atoms with Crippen molar-refractivity contribution in [1.82, 2.24) is 0 Å². The number of halogens is 2. The van der Waals surface area contributed by atoms with Crippen molar-refractivity contribution in [2.75, 3.05) is 6.26 Å². The van der Waals surface area contributed by atoms with Gasteiger partial charge in [-0.3, -0.25) is 0 Å². The SMILES string of the molecule is CC(C)c1ccc(S(C)(=O)=O)c(F)c1F. The first kappa shape index (κ1) is 12.1. The van der Waals surface area contributed by atoms with Gasteiger partial charge in [-0.2, -0.15) is 0 Å². The van der Waals surface area contributed by atoms with Gasteiger partial charge in [0.2, 0.25) is 0 Å². The van der Waals surface area contributed by atoms with Crippen LogP contribution in [0.1, 0.15) is 25.3 Å². The fraction of sp³-hybridized carbons (Fsp3) is 0.400. The molecule has 0 spiro atoms. The summed E-state index contributed by atoms with van der Waals surface area (Å²) in [5, 5.41) is 0. The standard InChI is InChI=1S/C10H12F2O2S/c1-6(2)7-4-5-8(15(3,13)14)10(12)9(7)11/h4-6H,1-3H3. The van der Waals surface area contributed by atoms with Crippen molar-refractivity contribution < 1.29 is 17.2 Å². The smallest absolute Gasteiger partial charge is 0.178 e. The van der Waals surface area contributed by atoms with Crippen LogP contribution in [-0.4, -0.2) is 14.7 Å². The molecule has 5 heteroatoms. The van der Waals surface area contributed by atoms with E-state index < -0.39 is 26.4 Å². The van der Waals surface area contributed by atoms with Crippen LogP contribution < -0.4 is 0 Å². The third-order valence-electron chi connectivity index (χ3n) is 2.10. The van der Waals surface area contributed by atoms with Crippen LogP contribution in [0.2, 0.25) is 0 Å². The Balaban J connectivity index is 3.48. The van der Waals surface area contributed by atoms with Crippen LogP contribution in [0.4, 0.5) is 8.78 Å². The molecule has 0 aliphatic carbocycles. The van der Waals surface area contributed by atoms with Gasteiger partial charge in [-0.1, -0.05) is 19.9 Å². The van der Waals surface area contributed by atoms with Crippen molar-refractivity contribution in [3.63, 3.8) is 0 Å². The molecule has 0 saturated heterocycles. The second-order valence-electron chi connectivity index (χ2n) is 3.71. The van der Waals surface area contributed by atoms with E-state index in [0.717, 1.165) is 12.3 Å². The number of sulfone groups is 1. The molecular formula is C10H12F2O2S. The van der Waals surface area contributed by atoms with Crippen molar-refractivity contribution in [1.29, 1.82) is 0 Å². The summed E-state index contributed by atoms with van der Waals surface area (Å²) in [5.74, 6) is -2.55. The molecule has 0 heterocycles. The molecule has 0 fully saturated rings. The summed E-state index contributed by atoms with van der Waals surface area (Å²) in [6.45, 7) is 3.41. The Hall–Kier alpha value is -0.970. The number of hydrogen-bond donors (Lipinski definition) is 0. The normalized spacial score (nSPS) is 12.1. The maximum Gasteiger partial charge on any atom is 0.178 e. The van der Waals surface area contributed by atoms with E-state index in [0.29, 0.717) is 0 Å². The van der Waals surface area contributed by atoms with Crippen LogP contribution in [0.15, 0.2) is 17.0 Å². The summed E-state index contributed by atoms with van der Waals surface area (Å²) >= 11 is 0. The average molecular weight is 234 g/mol. The highest BCUT2D eigenvalue weighted by Crippen LogP contribution is 2.25. The lowest BCUT2D eigenvalue weighted by molar-refractivity contribution is 0.473. The first-order valence-corrected chi connectivity index (χ1v) is 6.32. The summed E-state index contributed by atoms with van der Waals surface area (Å²) in [6, 6.07) is 2.41. The van der Waals surface area contributed by atoms with Crippen molar-refractivity contribution in [3.8, 4) is 0 Å². The molecule has 2 nitrogen and oxygen atoms in total. The second kappa shape index (κ2) is 3.89. The van der Waals surface area contributed by atoms with Crippen molar-refractivity contribution in [3.05, 3.63) is 29.3 Å². The van der Waals surface area contributed by atoms with Crippen LogP contribution in [0.25, 0.3) is 0 Å². The average Bonchev–Trinajstić information content (AvgIpc) is 2.06. The maximum absolute atomic E-state index is 13.4. The van der Waals surface area contributed by atoms with Gasteiger partial charge in [0.05, 0.1) is 0 Å². The molecule has 0 aliphatic heterocycles. The van der Waals surface area contributed by atoms with Gasteiger partial charge in [-0.05, 0) is 17.5 Å². The largest absolute Gasteiger partial charge is 0.224 e. The molecule has 0 aliphatic rings. The molecule has 0 saturated carbocycles. The summed E-state index contributed by atoms with van der Waals surface area (Å²) in [6.07, 6.45) is 0.847. The minimum atomic E-state index is -3.71. The van der Waals surface area contributed by atoms with Crippen molar-refractivity contribution in [2.45, 2.75) is 24.7 Å². The monoisotopic (exact) mass is 234 g/mol. The summed E-state index contributed by atoms with van der Waals surface area (Å²) in [5.41, 5.74) is 0.180. The van der Waals surface area contributed by atoms with Gasteiger partial charge >= 0.3 is 0 Å². The molecule has 0 amide bonds. The predicted octanol–water partition coefficient (Wildman–Crippen LogP) is 2.49. The Morgan fingerprint density at radius 2 is 1.67 bits per heavy atom. The van der Waals surface area contributed by atoms with Crippen LogP contribution in [0.5, 0.6) is 0 Å². The number of hydrogen-bond acceptors (Lipinski definition) is 2. The fourth-order valence-corrected chi connectivity index (χ4v) is 2.01. The van der Waals surface area contributed by atoms with Gasteiger partial charge in [0.1, 0.15) is 4.90 Å². The molecule has 15 heavy (non-hydrogen) atoms. The Kier molecular flexibility index (Phi) is 3.13. The summed E-state index contributed by atoms with van der Waals surface area (Å²) in [7, 11) is -3.71. The van der Waals surface area contributed by atoms with E-state index in [1.54, 1.807) is 13.8 Å². The maximum atomic E-state index is 13.4. The third kappa shape index (κ3) is 2.34. The van der Waals surface area contributed by atoms with Gasteiger partial charge in [-0.25, -0.2) is 17.2 Å². The highest BCUT2D eigenvalue weighted by molar-refractivity contribution is 7.90. The Morgan fingerprint density at radius 3 is 2.07 bits per heavy atom. The first-order chi connectivity index (χ1) is 6.75. The van der Waals surface area contributed by atoms with Gasteiger partial charge in [0, 0.05) is 6.26 Å². The van der Waals surface area contributed by atoms with E-state index in [1.807, 2.05) is 0 Å². The molecule has 0 aromatic heterocycles. The van der Waals surface area contributed by atoms with E-state index in [4.69, 9.17) is 0 Å². The molecule has 0 atom stereocenters. The summed E-state index contributed by atoms with van der Waals surface area (Å²) < 4.78 is 48.9. The zero-order valence-corrected chi connectivity index (χ0v) is 9.53. The molecule has 0 N–H and O–H groups in total. The lowest BCUT2D eigenvalue weighted by Crippen LogP contribution is -2.06. The predicted molar refractivity (Wildman–Crippen MR) is 53.6 cm³/mol. The third-order valence-corrected chi connectivity index (χ3v) is 3.21. The Labute approximate surface area is 87.8 Å². The Morgan fingerprint density at radius 1 is 1.13 bits per heavy atom. The highest BCUT2D eigenvalue weighted by Gasteiger charge is 2.20. The van der Waals surface area contributed by atoms with Crippen LogP contribution in [-0.2, 0) is 9.84 Å². The van der Waals surface area contributed by atoms with Gasteiger partial charge in [0.25, 0.3) is 0 Å². The number of benzene rings is 1. The second-order valence-corrected chi connectivity index (χ2v) is 5.69. The molecule has 0 unspecified atom stereocenters. The van der Waals surface area contributed by atoms with Gasteiger partial charge in [-0.15, -0.1) is 0 Å². The molecule has 0 bridgehead atoms. The van der Waals surface area contributed by atoms with Crippen LogP contribution in [0, 0.1) is 11.6 Å². The molecule has 1 aromatic rings. The van der Waals surface area contributed by atoms with Crippen LogP contribution in [0.3, 0.4) is 0 Å². The van der Waals surface area contributed by atoms with Crippen LogP contribution >= 0.6 is 0 Å². The zero-order valence-electron chi connectivity index (χ0n) is 8.71. The minimum absolute atomic E-state index is 0.180. The fourth-order valence-electron chi connectivity index (χ4n) is 1.28. The van der Waals surface area contributed by atoms with Gasteiger partial charge in [0.15, 0.2) is 21.5 Å². The number of rotatable bonds is 2. The van der Waals surface area contributed by atoms with Gasteiger partial charge < -0.3 is 0 Å². The molecular weight excluding hydrogens is 222 g/mol. The highest BCUT2D eigenvalue weighted by atomic mass is 32.2. The van der Waals surface area contributed by atoms with Crippen molar-refractivity contribution in [2.24, 2.45) is 0 Å². The van der Waals surface area contributed by atoms with E-state index in [-0.39, 0.29) is 11.5 Å². The Bertz CT molecular complexity index is 478. The van der Waals surface area contributed by atoms with E-state index in [2.05, 4.69) is 0 Å². The molecule has 84 valence electrons. The lowest BCUT2D eigenvalue weighted by Gasteiger charge is -2.09. The zero-order chi connectivity index (χ0) is 11.8. The van der Waals surface area contributed by atoms with E-state index in [9.17, 15) is 17.2 Å². The molecule has 1 rings (SSSR count). The first-order valence-electron chi connectivity index (χ1n) is 4.43.